The van der Waals surface area contributed by atoms with Crippen LogP contribution in [0.5, 0.6) is 0 Å². The summed E-state index contributed by atoms with van der Waals surface area (Å²) in [6.45, 7) is 7.47. The summed E-state index contributed by atoms with van der Waals surface area (Å²) in [6.07, 6.45) is -3.77. The number of aromatic nitrogens is 1. The SMILES string of the molecule is CCN(CC)S(=O)(=O)c1cc(C)c(C)c(NC(=O)c2ccc(C(F)(F)F)nc2)c1. The zero-order valence-electron chi connectivity index (χ0n) is 16.5. The first-order valence-electron chi connectivity index (χ1n) is 8.87. The highest BCUT2D eigenvalue weighted by molar-refractivity contribution is 7.89. The number of hydrogen-bond acceptors (Lipinski definition) is 4. The minimum Gasteiger partial charge on any atom is -0.322 e. The lowest BCUT2D eigenvalue weighted by Gasteiger charge is -2.20. The van der Waals surface area contributed by atoms with E-state index in [-0.39, 0.29) is 16.1 Å². The molecule has 0 aliphatic rings. The summed E-state index contributed by atoms with van der Waals surface area (Å²) in [5.74, 6) is -0.689. The quantitative estimate of drug-likeness (QED) is 0.753. The van der Waals surface area contributed by atoms with Gasteiger partial charge < -0.3 is 5.32 Å². The molecule has 0 saturated heterocycles. The molecular formula is C19H22F3N3O3S. The van der Waals surface area contributed by atoms with E-state index < -0.39 is 27.8 Å². The summed E-state index contributed by atoms with van der Waals surface area (Å²) in [6, 6.07) is 4.61. The van der Waals surface area contributed by atoms with Crippen molar-refractivity contribution >= 4 is 21.6 Å². The number of amides is 1. The number of rotatable bonds is 6. The van der Waals surface area contributed by atoms with Crippen LogP contribution in [0.4, 0.5) is 18.9 Å². The van der Waals surface area contributed by atoms with Gasteiger partial charge >= 0.3 is 6.18 Å². The first-order chi connectivity index (χ1) is 13.4. The summed E-state index contributed by atoms with van der Waals surface area (Å²) in [5.41, 5.74) is 0.386. The number of nitrogens with zero attached hydrogens (tertiary/aromatic N) is 2. The molecule has 0 aliphatic carbocycles. The molecule has 29 heavy (non-hydrogen) atoms. The number of nitrogens with one attached hydrogen (secondary N) is 1. The van der Waals surface area contributed by atoms with Crippen molar-refractivity contribution in [3.63, 3.8) is 0 Å². The number of halogens is 3. The predicted molar refractivity (Wildman–Crippen MR) is 103 cm³/mol. The fourth-order valence-electron chi connectivity index (χ4n) is 2.71. The average molecular weight is 429 g/mol. The highest BCUT2D eigenvalue weighted by atomic mass is 32.2. The van der Waals surface area contributed by atoms with Gasteiger partial charge in [0.05, 0.1) is 10.5 Å². The van der Waals surface area contributed by atoms with Crippen LogP contribution < -0.4 is 5.32 Å². The molecule has 1 N–H and O–H groups in total. The van der Waals surface area contributed by atoms with E-state index in [2.05, 4.69) is 10.3 Å². The Hall–Kier alpha value is -2.46. The Morgan fingerprint density at radius 2 is 1.76 bits per heavy atom. The highest BCUT2D eigenvalue weighted by Crippen LogP contribution is 2.28. The van der Waals surface area contributed by atoms with Crippen LogP contribution in [0.2, 0.25) is 0 Å². The third-order valence-corrected chi connectivity index (χ3v) is 6.58. The second-order valence-electron chi connectivity index (χ2n) is 6.39. The Balaban J connectivity index is 2.38. The standard InChI is InChI=1S/C19H22F3N3O3S/c1-5-25(6-2)29(27,28)15-9-12(3)13(4)16(10-15)24-18(26)14-7-8-17(23-11-14)19(20,21)22/h7-11H,5-6H2,1-4H3,(H,24,26). The van der Waals surface area contributed by atoms with Gasteiger partial charge in [-0.3, -0.25) is 9.78 Å². The topological polar surface area (TPSA) is 79.4 Å². The maximum Gasteiger partial charge on any atom is 0.433 e. The number of aryl methyl sites for hydroxylation is 1. The lowest BCUT2D eigenvalue weighted by molar-refractivity contribution is -0.141. The monoisotopic (exact) mass is 429 g/mol. The number of anilines is 1. The minimum absolute atomic E-state index is 0.0325. The molecule has 1 aromatic carbocycles. The molecule has 0 fully saturated rings. The normalized spacial score (nSPS) is 12.3. The van der Waals surface area contributed by atoms with Gasteiger partial charge in [-0.05, 0) is 49.2 Å². The van der Waals surface area contributed by atoms with Crippen LogP contribution >= 0.6 is 0 Å². The van der Waals surface area contributed by atoms with E-state index in [1.54, 1.807) is 27.7 Å². The maximum absolute atomic E-state index is 12.8. The van der Waals surface area contributed by atoms with E-state index >= 15 is 0 Å². The number of alkyl halides is 3. The van der Waals surface area contributed by atoms with Crippen LogP contribution in [0.15, 0.2) is 35.4 Å². The van der Waals surface area contributed by atoms with Gasteiger partial charge in [-0.1, -0.05) is 13.8 Å². The van der Waals surface area contributed by atoms with E-state index in [9.17, 15) is 26.4 Å². The van der Waals surface area contributed by atoms with Crippen LogP contribution in [-0.4, -0.2) is 36.7 Å². The van der Waals surface area contributed by atoms with E-state index in [1.807, 2.05) is 0 Å². The lowest BCUT2D eigenvalue weighted by atomic mass is 10.1. The number of sulfonamides is 1. The summed E-state index contributed by atoms with van der Waals surface area (Å²) >= 11 is 0. The Kier molecular flexibility index (Phi) is 6.69. The average Bonchev–Trinajstić information content (AvgIpc) is 2.65. The molecule has 0 saturated carbocycles. The third-order valence-electron chi connectivity index (χ3n) is 4.55. The molecule has 0 radical (unpaired) electrons. The molecule has 2 aromatic rings. The van der Waals surface area contributed by atoms with Crippen molar-refractivity contribution in [2.24, 2.45) is 0 Å². The van der Waals surface area contributed by atoms with Gasteiger partial charge in [-0.15, -0.1) is 0 Å². The smallest absolute Gasteiger partial charge is 0.322 e. The van der Waals surface area contributed by atoms with Crippen molar-refractivity contribution in [2.75, 3.05) is 18.4 Å². The van der Waals surface area contributed by atoms with Crippen LogP contribution in [0, 0.1) is 13.8 Å². The van der Waals surface area contributed by atoms with Gasteiger partial charge in [-0.25, -0.2) is 8.42 Å². The fraction of sp³-hybridized carbons (Fsp3) is 0.368. The number of carbonyl (C=O) groups is 1. The fourth-order valence-corrected chi connectivity index (χ4v) is 4.28. The zero-order chi connectivity index (χ0) is 22.0. The number of benzene rings is 1. The molecular weight excluding hydrogens is 407 g/mol. The van der Waals surface area contributed by atoms with E-state index in [4.69, 9.17) is 0 Å². The molecule has 1 aromatic heterocycles. The lowest BCUT2D eigenvalue weighted by Crippen LogP contribution is -2.30. The van der Waals surface area contributed by atoms with Crippen molar-refractivity contribution in [3.8, 4) is 0 Å². The maximum atomic E-state index is 12.8. The van der Waals surface area contributed by atoms with Crippen molar-refractivity contribution < 1.29 is 26.4 Å². The van der Waals surface area contributed by atoms with Gasteiger partial charge in [-0.2, -0.15) is 17.5 Å². The van der Waals surface area contributed by atoms with Crippen LogP contribution in [-0.2, 0) is 16.2 Å². The van der Waals surface area contributed by atoms with Crippen molar-refractivity contribution in [3.05, 3.63) is 52.8 Å². The van der Waals surface area contributed by atoms with Gasteiger partial charge in [0.15, 0.2) is 0 Å². The van der Waals surface area contributed by atoms with E-state index in [0.717, 1.165) is 12.3 Å². The van der Waals surface area contributed by atoms with E-state index in [1.165, 1.54) is 16.4 Å². The van der Waals surface area contributed by atoms with Gasteiger partial charge in [0.2, 0.25) is 10.0 Å². The molecule has 0 unspecified atom stereocenters. The van der Waals surface area contributed by atoms with Crippen LogP contribution in [0.3, 0.4) is 0 Å². The molecule has 158 valence electrons. The van der Waals surface area contributed by atoms with Crippen molar-refractivity contribution in [1.29, 1.82) is 0 Å². The van der Waals surface area contributed by atoms with Crippen LogP contribution in [0.25, 0.3) is 0 Å². The molecule has 0 atom stereocenters. The third kappa shape index (κ3) is 4.94. The first kappa shape index (κ1) is 22.8. The summed E-state index contributed by atoms with van der Waals surface area (Å²) in [4.78, 5) is 15.8. The summed E-state index contributed by atoms with van der Waals surface area (Å²) in [7, 11) is -3.74. The molecule has 0 bridgehead atoms. The zero-order valence-corrected chi connectivity index (χ0v) is 17.3. The Labute approximate surface area is 167 Å². The number of pyridine rings is 1. The Bertz CT molecular complexity index is 1000. The Morgan fingerprint density at radius 1 is 1.14 bits per heavy atom. The van der Waals surface area contributed by atoms with Crippen molar-refractivity contribution in [1.82, 2.24) is 9.29 Å². The Morgan fingerprint density at radius 3 is 2.24 bits per heavy atom. The predicted octanol–water partition coefficient (Wildman–Crippen LogP) is 4.00. The number of hydrogen-bond donors (Lipinski definition) is 1. The molecule has 6 nitrogen and oxygen atoms in total. The molecule has 0 aliphatic heterocycles. The van der Waals surface area contributed by atoms with E-state index in [0.29, 0.717) is 30.3 Å². The van der Waals surface area contributed by atoms with Gasteiger partial charge in [0, 0.05) is 25.0 Å². The molecule has 0 spiro atoms. The molecule has 1 heterocycles. The molecule has 2 rings (SSSR count). The minimum atomic E-state index is -4.60. The summed E-state index contributed by atoms with van der Waals surface area (Å²) < 4.78 is 64.7. The first-order valence-corrected chi connectivity index (χ1v) is 10.3. The van der Waals surface area contributed by atoms with Gasteiger partial charge in [0.25, 0.3) is 5.91 Å². The van der Waals surface area contributed by atoms with Crippen LogP contribution in [0.1, 0.15) is 41.0 Å². The largest absolute Gasteiger partial charge is 0.433 e. The van der Waals surface area contributed by atoms with Gasteiger partial charge in [0.1, 0.15) is 5.69 Å². The highest BCUT2D eigenvalue weighted by Gasteiger charge is 2.32. The molecule has 10 heteroatoms. The molecule has 1 amide bonds. The second kappa shape index (κ2) is 8.50. The number of carbonyl (C=O) groups excluding carboxylic acids is 1. The summed E-state index contributed by atoms with van der Waals surface area (Å²) in [5, 5.41) is 2.57. The second-order valence-corrected chi connectivity index (χ2v) is 8.32. The van der Waals surface area contributed by atoms with Crippen molar-refractivity contribution in [2.45, 2.75) is 38.8 Å².